The Hall–Kier alpha value is -3.07. The second-order valence-corrected chi connectivity index (χ2v) is 6.47. The Morgan fingerprint density at radius 1 is 1.29 bits per heavy atom. The van der Waals surface area contributed by atoms with Crippen molar-refractivity contribution in [2.45, 2.75) is 6.42 Å². The first-order chi connectivity index (χ1) is 13.5. The number of aliphatic imine (C=N–C) groups is 2. The van der Waals surface area contributed by atoms with Gasteiger partial charge in [-0.25, -0.2) is 9.98 Å². The summed E-state index contributed by atoms with van der Waals surface area (Å²) in [4.78, 5) is 34.2. The summed E-state index contributed by atoms with van der Waals surface area (Å²) in [6.45, 7) is 0.236. The van der Waals surface area contributed by atoms with Gasteiger partial charge in [0.2, 0.25) is 16.9 Å². The van der Waals surface area contributed by atoms with Gasteiger partial charge in [0.15, 0.2) is 11.5 Å². The van der Waals surface area contributed by atoms with Crippen LogP contribution >= 0.6 is 12.2 Å². The highest BCUT2D eigenvalue weighted by molar-refractivity contribution is 7.80. The van der Waals surface area contributed by atoms with Gasteiger partial charge in [-0.1, -0.05) is 12.1 Å². The summed E-state index contributed by atoms with van der Waals surface area (Å²) in [5, 5.41) is 2.85. The van der Waals surface area contributed by atoms with Crippen LogP contribution in [-0.4, -0.2) is 61.2 Å². The Bertz CT molecular complexity index is 894. The molecule has 2 amide bonds. The van der Waals surface area contributed by atoms with E-state index in [9.17, 15) is 9.59 Å². The van der Waals surface area contributed by atoms with Crippen molar-refractivity contribution in [3.8, 4) is 11.5 Å². The number of fused-ring (bicyclic) bond motifs is 1. The van der Waals surface area contributed by atoms with Crippen molar-refractivity contribution in [1.82, 2.24) is 10.2 Å². The van der Waals surface area contributed by atoms with Crippen LogP contribution in [0, 0.1) is 5.92 Å². The van der Waals surface area contributed by atoms with E-state index in [1.54, 1.807) is 32.6 Å². The summed E-state index contributed by atoms with van der Waals surface area (Å²) in [6.07, 6.45) is 5.53. The predicted molar refractivity (Wildman–Crippen MR) is 109 cm³/mol. The maximum atomic E-state index is 12.6. The SMILES string of the molecule is COc1ccc(CCNC(=O)CN2C(=O)C3C=CC=NC3=NC2=S)cc1OC. The molecule has 2 heterocycles. The molecule has 1 N–H and O–H groups in total. The van der Waals surface area contributed by atoms with Gasteiger partial charge in [0.25, 0.3) is 0 Å². The number of hydrogen-bond acceptors (Lipinski definition) is 6. The lowest BCUT2D eigenvalue weighted by atomic mass is 10.0. The maximum absolute atomic E-state index is 12.6. The van der Waals surface area contributed by atoms with E-state index in [1.165, 1.54) is 4.90 Å². The molecule has 0 bridgehead atoms. The Morgan fingerprint density at radius 2 is 2.07 bits per heavy atom. The number of amides is 2. The molecule has 0 radical (unpaired) electrons. The second-order valence-electron chi connectivity index (χ2n) is 6.11. The number of dihydropyridines is 1. The van der Waals surface area contributed by atoms with Crippen LogP contribution in [0.5, 0.6) is 11.5 Å². The number of nitrogens with one attached hydrogen (secondary N) is 1. The number of allylic oxidation sites excluding steroid dienone is 1. The molecular formula is C19H20N4O4S. The number of carbonyl (C=O) groups excluding carboxylic acids is 2. The number of methoxy groups -OCH3 is 2. The number of benzene rings is 1. The molecule has 8 nitrogen and oxygen atoms in total. The van der Waals surface area contributed by atoms with E-state index in [1.807, 2.05) is 18.2 Å². The van der Waals surface area contributed by atoms with Crippen molar-refractivity contribution in [1.29, 1.82) is 0 Å². The van der Waals surface area contributed by atoms with Gasteiger partial charge in [0, 0.05) is 12.8 Å². The van der Waals surface area contributed by atoms with Crippen LogP contribution in [0.2, 0.25) is 0 Å². The highest BCUT2D eigenvalue weighted by Crippen LogP contribution is 2.27. The first-order valence-electron chi connectivity index (χ1n) is 8.66. The fraction of sp³-hybridized carbons (Fsp3) is 0.316. The highest BCUT2D eigenvalue weighted by Gasteiger charge is 2.35. The average molecular weight is 400 g/mol. The number of rotatable bonds is 7. The molecule has 1 atom stereocenters. The summed E-state index contributed by atoms with van der Waals surface area (Å²) in [7, 11) is 3.15. The second kappa shape index (κ2) is 8.75. The van der Waals surface area contributed by atoms with Crippen molar-refractivity contribution < 1.29 is 19.1 Å². The van der Waals surface area contributed by atoms with Crippen LogP contribution in [0.15, 0.2) is 40.3 Å². The lowest BCUT2D eigenvalue weighted by molar-refractivity contribution is -0.133. The molecule has 0 aromatic heterocycles. The van der Waals surface area contributed by atoms with Gasteiger partial charge in [-0.3, -0.25) is 14.5 Å². The minimum absolute atomic E-state index is 0.0544. The lowest BCUT2D eigenvalue weighted by Gasteiger charge is -2.29. The van der Waals surface area contributed by atoms with Crippen molar-refractivity contribution in [2.24, 2.45) is 15.9 Å². The Labute approximate surface area is 167 Å². The topological polar surface area (TPSA) is 92.6 Å². The standard InChI is InChI=1S/C19H20N4O4S/c1-26-14-6-5-12(10-15(14)27-2)7-9-20-16(24)11-23-18(25)13-4-3-8-21-17(13)22-19(23)28/h3-6,8,10,13H,7,9,11H2,1-2H3,(H,20,24). The van der Waals surface area contributed by atoms with Crippen molar-refractivity contribution >= 4 is 41.2 Å². The molecule has 146 valence electrons. The van der Waals surface area contributed by atoms with E-state index in [2.05, 4.69) is 15.3 Å². The monoisotopic (exact) mass is 400 g/mol. The predicted octanol–water partition coefficient (Wildman–Crippen LogP) is 1.14. The van der Waals surface area contributed by atoms with Crippen LogP contribution in [-0.2, 0) is 16.0 Å². The third-order valence-electron chi connectivity index (χ3n) is 4.33. The van der Waals surface area contributed by atoms with Crippen LogP contribution in [0.25, 0.3) is 0 Å². The zero-order valence-electron chi connectivity index (χ0n) is 15.5. The third-order valence-corrected chi connectivity index (χ3v) is 4.64. The number of hydrogen-bond donors (Lipinski definition) is 1. The quantitative estimate of drug-likeness (QED) is 0.693. The largest absolute Gasteiger partial charge is 0.493 e. The summed E-state index contributed by atoms with van der Waals surface area (Å²) in [5.41, 5.74) is 0.988. The molecule has 0 saturated heterocycles. The fourth-order valence-electron chi connectivity index (χ4n) is 2.89. The van der Waals surface area contributed by atoms with Crippen LogP contribution in [0.1, 0.15) is 5.56 Å². The molecule has 1 aromatic rings. The number of thiocarbonyl (C=S) groups is 1. The van der Waals surface area contributed by atoms with E-state index >= 15 is 0 Å². The number of ether oxygens (including phenoxy) is 2. The molecule has 0 saturated carbocycles. The molecule has 3 rings (SSSR count). The highest BCUT2D eigenvalue weighted by atomic mass is 32.1. The summed E-state index contributed by atoms with van der Waals surface area (Å²) < 4.78 is 10.5. The fourth-order valence-corrected chi connectivity index (χ4v) is 3.13. The zero-order chi connectivity index (χ0) is 20.1. The molecule has 0 aliphatic carbocycles. The minimum atomic E-state index is -0.587. The Balaban J connectivity index is 1.54. The molecule has 9 heteroatoms. The van der Waals surface area contributed by atoms with Gasteiger partial charge in [-0.15, -0.1) is 0 Å². The molecular weight excluding hydrogens is 380 g/mol. The summed E-state index contributed by atoms with van der Waals surface area (Å²) >= 11 is 5.15. The zero-order valence-corrected chi connectivity index (χ0v) is 16.4. The molecule has 1 aromatic carbocycles. The Kier molecular flexibility index (Phi) is 6.15. The molecule has 2 aliphatic rings. The number of carbonyl (C=O) groups is 2. The molecule has 0 fully saturated rings. The molecule has 28 heavy (non-hydrogen) atoms. The minimum Gasteiger partial charge on any atom is -0.493 e. The van der Waals surface area contributed by atoms with E-state index in [0.29, 0.717) is 30.3 Å². The third kappa shape index (κ3) is 4.25. The molecule has 2 aliphatic heterocycles. The molecule has 1 unspecified atom stereocenters. The summed E-state index contributed by atoms with van der Waals surface area (Å²) in [6, 6.07) is 5.58. The van der Waals surface area contributed by atoms with Gasteiger partial charge < -0.3 is 14.8 Å². The van der Waals surface area contributed by atoms with Crippen molar-refractivity contribution in [3.05, 3.63) is 35.9 Å². The van der Waals surface area contributed by atoms with Gasteiger partial charge in [-0.2, -0.15) is 0 Å². The molecule has 0 spiro atoms. The maximum Gasteiger partial charge on any atom is 0.243 e. The van der Waals surface area contributed by atoms with Gasteiger partial charge in [0.1, 0.15) is 18.3 Å². The lowest BCUT2D eigenvalue weighted by Crippen LogP contribution is -2.50. The van der Waals surface area contributed by atoms with Gasteiger partial charge >= 0.3 is 0 Å². The van der Waals surface area contributed by atoms with Crippen LogP contribution in [0.3, 0.4) is 0 Å². The van der Waals surface area contributed by atoms with Crippen LogP contribution in [0.4, 0.5) is 0 Å². The average Bonchev–Trinajstić information content (AvgIpc) is 2.71. The normalized spacial score (nSPS) is 17.9. The Morgan fingerprint density at radius 3 is 2.82 bits per heavy atom. The first kappa shape index (κ1) is 19.7. The van der Waals surface area contributed by atoms with Gasteiger partial charge in [0.05, 0.1) is 14.2 Å². The van der Waals surface area contributed by atoms with E-state index in [-0.39, 0.29) is 23.5 Å². The summed E-state index contributed by atoms with van der Waals surface area (Å²) in [5.74, 6) is 0.455. The van der Waals surface area contributed by atoms with E-state index in [4.69, 9.17) is 21.7 Å². The first-order valence-corrected chi connectivity index (χ1v) is 9.06. The number of amidine groups is 1. The smallest absolute Gasteiger partial charge is 0.243 e. The van der Waals surface area contributed by atoms with Crippen LogP contribution < -0.4 is 14.8 Å². The van der Waals surface area contributed by atoms with Gasteiger partial charge in [-0.05, 0) is 42.4 Å². The van der Waals surface area contributed by atoms with E-state index in [0.717, 1.165) is 5.56 Å². The number of nitrogens with zero attached hydrogens (tertiary/aromatic N) is 3. The van der Waals surface area contributed by atoms with Crippen molar-refractivity contribution in [2.75, 3.05) is 27.3 Å². The van der Waals surface area contributed by atoms with E-state index < -0.39 is 5.92 Å². The van der Waals surface area contributed by atoms with Crippen molar-refractivity contribution in [3.63, 3.8) is 0 Å².